The van der Waals surface area contributed by atoms with E-state index in [1.807, 2.05) is 92.7 Å². The number of nitrogens with zero attached hydrogens (tertiary/aromatic N) is 2. The zero-order chi connectivity index (χ0) is 25.5. The normalized spacial score (nSPS) is 10.5. The Balaban J connectivity index is 1.59. The molecule has 0 aliphatic heterocycles. The molecule has 0 atom stereocenters. The molecule has 0 unspecified atom stereocenters. The number of methoxy groups -OCH3 is 1. The molecule has 4 aromatic rings. The van der Waals surface area contributed by atoms with Gasteiger partial charge in [0, 0.05) is 29.0 Å². The molecule has 3 aromatic carbocycles. The molecule has 0 fully saturated rings. The summed E-state index contributed by atoms with van der Waals surface area (Å²) < 4.78 is 5.29. The number of carbonyl (C=O) groups excluding carboxylic acids is 1. The molecule has 4 rings (SSSR count). The van der Waals surface area contributed by atoms with Crippen molar-refractivity contribution in [3.05, 3.63) is 95.6 Å². The van der Waals surface area contributed by atoms with E-state index < -0.39 is 0 Å². The predicted octanol–water partition coefficient (Wildman–Crippen LogP) is 7.03. The van der Waals surface area contributed by atoms with Crippen molar-refractivity contribution >= 4 is 23.4 Å². The van der Waals surface area contributed by atoms with Crippen LogP contribution < -0.4 is 10.1 Å². The summed E-state index contributed by atoms with van der Waals surface area (Å²) in [6.07, 6.45) is 0.303. The Hall–Kier alpha value is -4.08. The predicted molar refractivity (Wildman–Crippen MR) is 146 cm³/mol. The number of nitrogens with one attached hydrogen (secondary N) is 1. The van der Waals surface area contributed by atoms with Gasteiger partial charge in [0.2, 0.25) is 5.91 Å². The van der Waals surface area contributed by atoms with Crippen LogP contribution in [-0.4, -0.2) is 23.8 Å². The number of ether oxygens (including phenoxy) is 1. The minimum atomic E-state index is -0.0705. The second-order valence-corrected chi connectivity index (χ2v) is 9.47. The summed E-state index contributed by atoms with van der Waals surface area (Å²) in [6, 6.07) is 27.7. The number of nitriles is 1. The number of anilines is 1. The van der Waals surface area contributed by atoms with Crippen LogP contribution >= 0.6 is 11.8 Å². The molecule has 36 heavy (non-hydrogen) atoms. The Morgan fingerprint density at radius 3 is 2.39 bits per heavy atom. The average molecular weight is 494 g/mol. The number of aryl methyl sites for hydroxylation is 2. The van der Waals surface area contributed by atoms with Gasteiger partial charge < -0.3 is 10.1 Å². The molecule has 5 nitrogen and oxygen atoms in total. The van der Waals surface area contributed by atoms with Crippen LogP contribution in [0.3, 0.4) is 0 Å². The molecule has 180 valence electrons. The first-order valence-corrected chi connectivity index (χ1v) is 12.6. The van der Waals surface area contributed by atoms with Crippen molar-refractivity contribution < 1.29 is 9.53 Å². The summed E-state index contributed by atoms with van der Waals surface area (Å²) in [4.78, 5) is 17.4. The summed E-state index contributed by atoms with van der Waals surface area (Å²) in [7, 11) is 1.63. The van der Waals surface area contributed by atoms with Crippen molar-refractivity contribution in [3.8, 4) is 34.2 Å². The summed E-state index contributed by atoms with van der Waals surface area (Å²) in [5.74, 6) is 1.18. The zero-order valence-corrected chi connectivity index (χ0v) is 21.4. The maximum Gasteiger partial charge on any atom is 0.225 e. The van der Waals surface area contributed by atoms with Gasteiger partial charge in [0.25, 0.3) is 0 Å². The summed E-state index contributed by atoms with van der Waals surface area (Å²) in [5, 5.41) is 13.6. The van der Waals surface area contributed by atoms with E-state index in [9.17, 15) is 10.1 Å². The fraction of sp³-hybridized carbons (Fsp3) is 0.167. The molecule has 6 heteroatoms. The molecule has 0 saturated heterocycles. The fourth-order valence-electron chi connectivity index (χ4n) is 3.77. The SMILES string of the molecule is COc1ccc(-c2cc(-c3ccccc3)nc(SCCC(=O)Nc3ccc(C)c(C)c3)c2C#N)cc1. The summed E-state index contributed by atoms with van der Waals surface area (Å²) in [5.41, 5.74) is 7.06. The molecule has 0 saturated carbocycles. The van der Waals surface area contributed by atoms with Crippen LogP contribution in [0.4, 0.5) is 5.69 Å². The van der Waals surface area contributed by atoms with Gasteiger partial charge in [-0.15, -0.1) is 11.8 Å². The van der Waals surface area contributed by atoms with Crippen LogP contribution in [0.1, 0.15) is 23.1 Å². The second-order valence-electron chi connectivity index (χ2n) is 8.39. The van der Waals surface area contributed by atoms with E-state index >= 15 is 0 Å². The third-order valence-corrected chi connectivity index (χ3v) is 6.90. The number of pyridine rings is 1. The topological polar surface area (TPSA) is 75.0 Å². The largest absolute Gasteiger partial charge is 0.497 e. The monoisotopic (exact) mass is 493 g/mol. The van der Waals surface area contributed by atoms with Gasteiger partial charge in [0.15, 0.2) is 0 Å². The van der Waals surface area contributed by atoms with Gasteiger partial charge in [-0.3, -0.25) is 4.79 Å². The van der Waals surface area contributed by atoms with Gasteiger partial charge in [0.1, 0.15) is 16.8 Å². The Morgan fingerprint density at radius 2 is 1.72 bits per heavy atom. The molecular formula is C30H27N3O2S. The van der Waals surface area contributed by atoms with Crippen molar-refractivity contribution in [1.82, 2.24) is 4.98 Å². The Bertz CT molecular complexity index is 1410. The highest BCUT2D eigenvalue weighted by Crippen LogP contribution is 2.35. The third kappa shape index (κ3) is 5.94. The van der Waals surface area contributed by atoms with Crippen molar-refractivity contribution in [3.63, 3.8) is 0 Å². The van der Waals surface area contributed by atoms with Crippen LogP contribution in [0.5, 0.6) is 5.75 Å². The van der Waals surface area contributed by atoms with E-state index in [-0.39, 0.29) is 5.91 Å². The lowest BCUT2D eigenvalue weighted by Gasteiger charge is -2.13. The highest BCUT2D eigenvalue weighted by atomic mass is 32.2. The van der Waals surface area contributed by atoms with E-state index in [1.54, 1.807) is 7.11 Å². The number of thioether (sulfide) groups is 1. The molecule has 1 N–H and O–H groups in total. The first-order chi connectivity index (χ1) is 17.5. The highest BCUT2D eigenvalue weighted by molar-refractivity contribution is 7.99. The molecular weight excluding hydrogens is 466 g/mol. The Labute approximate surface area is 216 Å². The molecule has 0 radical (unpaired) electrons. The number of carbonyl (C=O) groups is 1. The van der Waals surface area contributed by atoms with Crippen molar-refractivity contribution in [2.45, 2.75) is 25.3 Å². The minimum absolute atomic E-state index is 0.0705. The zero-order valence-electron chi connectivity index (χ0n) is 20.5. The van der Waals surface area contributed by atoms with E-state index in [0.29, 0.717) is 22.8 Å². The maximum atomic E-state index is 12.6. The lowest BCUT2D eigenvalue weighted by Crippen LogP contribution is -2.12. The van der Waals surface area contributed by atoms with Crippen LogP contribution in [0.25, 0.3) is 22.4 Å². The molecule has 1 heterocycles. The molecule has 0 bridgehead atoms. The van der Waals surface area contributed by atoms with E-state index in [4.69, 9.17) is 9.72 Å². The van der Waals surface area contributed by atoms with Crippen molar-refractivity contribution in [1.29, 1.82) is 5.26 Å². The number of amides is 1. The molecule has 0 aliphatic rings. The first-order valence-electron chi connectivity index (χ1n) is 11.6. The standard InChI is InChI=1S/C30H27N3O2S/c1-20-9-12-24(17-21(20)2)32-29(34)15-16-36-30-27(19-31)26(22-10-13-25(35-3)14-11-22)18-28(33-30)23-7-5-4-6-8-23/h4-14,17-18H,15-16H2,1-3H3,(H,32,34). The maximum absolute atomic E-state index is 12.6. The number of rotatable bonds is 8. The van der Waals surface area contributed by atoms with Gasteiger partial charge >= 0.3 is 0 Å². The minimum Gasteiger partial charge on any atom is -0.497 e. The van der Waals surface area contributed by atoms with Crippen LogP contribution in [0.2, 0.25) is 0 Å². The molecule has 0 spiro atoms. The van der Waals surface area contributed by atoms with Gasteiger partial charge in [-0.05, 0) is 60.9 Å². The molecule has 1 aromatic heterocycles. The lowest BCUT2D eigenvalue weighted by molar-refractivity contribution is -0.115. The number of aromatic nitrogens is 1. The van der Waals surface area contributed by atoms with Gasteiger partial charge in [-0.1, -0.05) is 48.5 Å². The first kappa shape index (κ1) is 25.0. The molecule has 1 amide bonds. The quantitative estimate of drug-likeness (QED) is 0.267. The Kier molecular flexibility index (Phi) is 8.04. The van der Waals surface area contributed by atoms with Crippen molar-refractivity contribution in [2.24, 2.45) is 0 Å². The summed E-state index contributed by atoms with van der Waals surface area (Å²) in [6.45, 7) is 4.07. The van der Waals surface area contributed by atoms with Gasteiger partial charge in [0.05, 0.1) is 18.4 Å². The molecule has 0 aliphatic carbocycles. The number of hydrogen-bond donors (Lipinski definition) is 1. The van der Waals surface area contributed by atoms with Gasteiger partial charge in [-0.25, -0.2) is 4.98 Å². The van der Waals surface area contributed by atoms with Crippen LogP contribution in [0, 0.1) is 25.2 Å². The van der Waals surface area contributed by atoms with E-state index in [0.717, 1.165) is 39.4 Å². The number of benzene rings is 3. The number of hydrogen-bond acceptors (Lipinski definition) is 5. The smallest absolute Gasteiger partial charge is 0.225 e. The lowest BCUT2D eigenvalue weighted by atomic mass is 9.99. The third-order valence-electron chi connectivity index (χ3n) is 5.93. The second kappa shape index (κ2) is 11.6. The fourth-order valence-corrected chi connectivity index (χ4v) is 4.72. The van der Waals surface area contributed by atoms with Crippen LogP contribution in [0.15, 0.2) is 83.9 Å². The average Bonchev–Trinajstić information content (AvgIpc) is 2.91. The van der Waals surface area contributed by atoms with E-state index in [2.05, 4.69) is 11.4 Å². The Morgan fingerprint density at radius 1 is 0.972 bits per heavy atom. The van der Waals surface area contributed by atoms with Crippen molar-refractivity contribution in [2.75, 3.05) is 18.2 Å². The highest BCUT2D eigenvalue weighted by Gasteiger charge is 2.16. The summed E-state index contributed by atoms with van der Waals surface area (Å²) >= 11 is 1.42. The van der Waals surface area contributed by atoms with Crippen LogP contribution in [-0.2, 0) is 4.79 Å². The van der Waals surface area contributed by atoms with Gasteiger partial charge in [-0.2, -0.15) is 5.26 Å². The van der Waals surface area contributed by atoms with E-state index in [1.165, 1.54) is 17.3 Å².